The molecule has 0 amide bonds. The van der Waals surface area contributed by atoms with Crippen molar-refractivity contribution in [2.24, 2.45) is 0 Å². The zero-order valence-electron chi connectivity index (χ0n) is 16.0. The SMILES string of the molecule is Fc1cccc(-c2nc(CN3CCN(Cc4ccc5c(c4)OCO5)CC3)co2)c1. The normalized spacial score (nSPS) is 17.0. The van der Waals surface area contributed by atoms with Gasteiger partial charge in [0.15, 0.2) is 11.5 Å². The van der Waals surface area contributed by atoms with Crippen LogP contribution in [0.4, 0.5) is 4.39 Å². The molecular weight excluding hydrogens is 373 g/mol. The summed E-state index contributed by atoms with van der Waals surface area (Å²) in [6.45, 7) is 5.85. The number of aromatic nitrogens is 1. The third kappa shape index (κ3) is 4.11. The maximum atomic E-state index is 13.4. The van der Waals surface area contributed by atoms with E-state index in [-0.39, 0.29) is 5.82 Å². The van der Waals surface area contributed by atoms with Gasteiger partial charge in [0.1, 0.15) is 12.1 Å². The lowest BCUT2D eigenvalue weighted by atomic mass is 10.1. The molecule has 2 aliphatic rings. The molecule has 3 heterocycles. The smallest absolute Gasteiger partial charge is 0.231 e. The molecule has 0 saturated carbocycles. The summed E-state index contributed by atoms with van der Waals surface area (Å²) in [5.74, 6) is 1.83. The minimum atomic E-state index is -0.291. The fourth-order valence-electron chi connectivity index (χ4n) is 3.77. The molecule has 0 unspecified atom stereocenters. The van der Waals surface area contributed by atoms with Crippen molar-refractivity contribution in [3.8, 4) is 23.0 Å². The average molecular weight is 395 g/mol. The molecule has 1 aromatic heterocycles. The highest BCUT2D eigenvalue weighted by atomic mass is 19.1. The van der Waals surface area contributed by atoms with E-state index in [1.54, 1.807) is 18.4 Å². The Morgan fingerprint density at radius 3 is 2.52 bits per heavy atom. The Labute approximate surface area is 168 Å². The van der Waals surface area contributed by atoms with Gasteiger partial charge in [0.25, 0.3) is 0 Å². The van der Waals surface area contributed by atoms with Crippen LogP contribution >= 0.6 is 0 Å². The Bertz CT molecular complexity index is 998. The number of oxazole rings is 1. The summed E-state index contributed by atoms with van der Waals surface area (Å²) in [5, 5.41) is 0. The second-order valence-corrected chi connectivity index (χ2v) is 7.39. The monoisotopic (exact) mass is 395 g/mol. The number of rotatable bonds is 5. The quantitative estimate of drug-likeness (QED) is 0.659. The van der Waals surface area contributed by atoms with E-state index in [0.29, 0.717) is 18.2 Å². The molecule has 1 fully saturated rings. The maximum Gasteiger partial charge on any atom is 0.231 e. The third-order valence-corrected chi connectivity index (χ3v) is 5.32. The first-order chi connectivity index (χ1) is 14.2. The number of nitrogens with zero attached hydrogens (tertiary/aromatic N) is 3. The summed E-state index contributed by atoms with van der Waals surface area (Å²) in [5.41, 5.74) is 2.76. The Kier molecular flexibility index (Phi) is 4.91. The van der Waals surface area contributed by atoms with Crippen LogP contribution in [0.25, 0.3) is 11.5 Å². The number of benzene rings is 2. The van der Waals surface area contributed by atoms with Crippen molar-refractivity contribution in [3.63, 3.8) is 0 Å². The van der Waals surface area contributed by atoms with Crippen LogP contribution in [-0.4, -0.2) is 47.8 Å². The van der Waals surface area contributed by atoms with Gasteiger partial charge < -0.3 is 13.9 Å². The highest BCUT2D eigenvalue weighted by Gasteiger charge is 2.20. The lowest BCUT2D eigenvalue weighted by molar-refractivity contribution is 0.121. The van der Waals surface area contributed by atoms with Gasteiger partial charge >= 0.3 is 0 Å². The van der Waals surface area contributed by atoms with E-state index >= 15 is 0 Å². The maximum absolute atomic E-state index is 13.4. The van der Waals surface area contributed by atoms with E-state index in [4.69, 9.17) is 13.9 Å². The van der Waals surface area contributed by atoms with E-state index < -0.39 is 0 Å². The molecule has 29 heavy (non-hydrogen) atoms. The number of ether oxygens (including phenoxy) is 2. The molecule has 2 aromatic carbocycles. The van der Waals surface area contributed by atoms with E-state index in [0.717, 1.165) is 56.5 Å². The Hall–Kier alpha value is -2.90. The minimum Gasteiger partial charge on any atom is -0.454 e. The van der Waals surface area contributed by atoms with Crippen LogP contribution in [0.2, 0.25) is 0 Å². The minimum absolute atomic E-state index is 0.291. The van der Waals surface area contributed by atoms with Crippen LogP contribution in [-0.2, 0) is 13.1 Å². The summed E-state index contributed by atoms with van der Waals surface area (Å²) in [6.07, 6.45) is 1.67. The zero-order valence-corrected chi connectivity index (χ0v) is 16.0. The van der Waals surface area contributed by atoms with Crippen LogP contribution in [0, 0.1) is 5.82 Å². The van der Waals surface area contributed by atoms with Crippen LogP contribution in [0.5, 0.6) is 11.5 Å². The topological polar surface area (TPSA) is 51.0 Å². The molecule has 0 atom stereocenters. The Morgan fingerprint density at radius 2 is 1.69 bits per heavy atom. The van der Waals surface area contributed by atoms with Crippen LogP contribution in [0.3, 0.4) is 0 Å². The number of halogens is 1. The van der Waals surface area contributed by atoms with Crippen LogP contribution < -0.4 is 9.47 Å². The first kappa shape index (κ1) is 18.1. The fraction of sp³-hybridized carbons (Fsp3) is 0.318. The van der Waals surface area contributed by atoms with E-state index in [1.807, 2.05) is 6.07 Å². The molecule has 0 radical (unpaired) electrons. The molecule has 2 aliphatic heterocycles. The van der Waals surface area contributed by atoms with Gasteiger partial charge in [-0.3, -0.25) is 9.80 Å². The molecule has 6 nitrogen and oxygen atoms in total. The molecule has 0 N–H and O–H groups in total. The summed E-state index contributed by atoms with van der Waals surface area (Å²) < 4.78 is 29.8. The first-order valence-electron chi connectivity index (χ1n) is 9.76. The standard InChI is InChI=1S/C22H22FN3O3/c23-18-3-1-2-17(11-18)22-24-19(14-27-22)13-26-8-6-25(7-9-26)12-16-4-5-20-21(10-16)29-15-28-20/h1-5,10-11,14H,6-9,12-13,15H2. The third-order valence-electron chi connectivity index (χ3n) is 5.32. The van der Waals surface area contributed by atoms with Gasteiger partial charge in [-0.15, -0.1) is 0 Å². The fourth-order valence-corrected chi connectivity index (χ4v) is 3.77. The molecule has 3 aromatic rings. The zero-order chi connectivity index (χ0) is 19.6. The predicted molar refractivity (Wildman–Crippen MR) is 105 cm³/mol. The van der Waals surface area contributed by atoms with Gasteiger partial charge in [0.2, 0.25) is 12.7 Å². The Morgan fingerprint density at radius 1 is 0.897 bits per heavy atom. The van der Waals surface area contributed by atoms with E-state index in [9.17, 15) is 4.39 Å². The number of fused-ring (bicyclic) bond motifs is 1. The van der Waals surface area contributed by atoms with Crippen molar-refractivity contribution < 1.29 is 18.3 Å². The van der Waals surface area contributed by atoms with Crippen molar-refractivity contribution in [1.29, 1.82) is 0 Å². The van der Waals surface area contributed by atoms with Gasteiger partial charge in [0, 0.05) is 44.8 Å². The van der Waals surface area contributed by atoms with Gasteiger partial charge in [-0.1, -0.05) is 12.1 Å². The molecule has 1 saturated heterocycles. The Balaban J connectivity index is 1.14. The van der Waals surface area contributed by atoms with Crippen LogP contribution in [0.15, 0.2) is 53.1 Å². The number of hydrogen-bond donors (Lipinski definition) is 0. The molecular formula is C22H22FN3O3. The van der Waals surface area contributed by atoms with E-state index in [1.165, 1.54) is 17.7 Å². The van der Waals surface area contributed by atoms with E-state index in [2.05, 4.69) is 26.9 Å². The van der Waals surface area contributed by atoms with Crippen LogP contribution in [0.1, 0.15) is 11.3 Å². The number of hydrogen-bond acceptors (Lipinski definition) is 6. The largest absolute Gasteiger partial charge is 0.454 e. The van der Waals surface area contributed by atoms with Gasteiger partial charge in [-0.05, 0) is 35.9 Å². The van der Waals surface area contributed by atoms with Gasteiger partial charge in [-0.2, -0.15) is 0 Å². The lowest BCUT2D eigenvalue weighted by Crippen LogP contribution is -2.45. The summed E-state index contributed by atoms with van der Waals surface area (Å²) in [4.78, 5) is 9.33. The van der Waals surface area contributed by atoms with Crippen molar-refractivity contribution in [1.82, 2.24) is 14.8 Å². The highest BCUT2D eigenvalue weighted by molar-refractivity contribution is 5.52. The van der Waals surface area contributed by atoms with Gasteiger partial charge in [-0.25, -0.2) is 9.37 Å². The molecule has 7 heteroatoms. The second-order valence-electron chi connectivity index (χ2n) is 7.39. The lowest BCUT2D eigenvalue weighted by Gasteiger charge is -2.34. The van der Waals surface area contributed by atoms with Crippen molar-refractivity contribution in [3.05, 3.63) is 65.8 Å². The summed E-state index contributed by atoms with van der Waals surface area (Å²) in [6, 6.07) is 12.5. The highest BCUT2D eigenvalue weighted by Crippen LogP contribution is 2.32. The first-order valence-corrected chi connectivity index (χ1v) is 9.76. The molecule has 0 spiro atoms. The van der Waals surface area contributed by atoms with Crippen molar-refractivity contribution >= 4 is 0 Å². The average Bonchev–Trinajstić information content (AvgIpc) is 3.39. The second kappa shape index (κ2) is 7.85. The van der Waals surface area contributed by atoms with Crippen molar-refractivity contribution in [2.75, 3.05) is 33.0 Å². The molecule has 0 bridgehead atoms. The molecule has 150 valence electrons. The number of piperazine rings is 1. The molecule has 5 rings (SSSR count). The van der Waals surface area contributed by atoms with Crippen molar-refractivity contribution in [2.45, 2.75) is 13.1 Å². The van der Waals surface area contributed by atoms with Gasteiger partial charge in [0.05, 0.1) is 5.69 Å². The summed E-state index contributed by atoms with van der Waals surface area (Å²) in [7, 11) is 0. The molecule has 0 aliphatic carbocycles. The summed E-state index contributed by atoms with van der Waals surface area (Å²) >= 11 is 0. The predicted octanol–water partition coefficient (Wildman–Crippen LogP) is 3.53.